The maximum absolute atomic E-state index is 13.3. The second-order valence-corrected chi connectivity index (χ2v) is 7.31. The number of carbonyl (C=O) groups is 1. The number of nitrogens with zero attached hydrogens (tertiary/aromatic N) is 4. The van der Waals surface area contributed by atoms with Crippen molar-refractivity contribution in [1.29, 1.82) is 0 Å². The summed E-state index contributed by atoms with van der Waals surface area (Å²) in [4.78, 5) is 20.0. The van der Waals surface area contributed by atoms with E-state index in [1.54, 1.807) is 12.5 Å². The van der Waals surface area contributed by atoms with Crippen molar-refractivity contribution in [2.24, 2.45) is 0 Å². The summed E-state index contributed by atoms with van der Waals surface area (Å²) in [6.45, 7) is 5.61. The van der Waals surface area contributed by atoms with Gasteiger partial charge in [-0.05, 0) is 51.9 Å². The molecule has 0 unspecified atom stereocenters. The van der Waals surface area contributed by atoms with E-state index in [2.05, 4.69) is 24.3 Å². The van der Waals surface area contributed by atoms with Gasteiger partial charge in [0, 0.05) is 25.2 Å². The quantitative estimate of drug-likeness (QED) is 0.665. The highest BCUT2D eigenvalue weighted by Gasteiger charge is 2.26. The third-order valence-corrected chi connectivity index (χ3v) is 5.25. The molecule has 0 aromatic carbocycles. The molecule has 0 atom stereocenters. The van der Waals surface area contributed by atoms with Gasteiger partial charge in [-0.2, -0.15) is 5.10 Å². The molecule has 158 valence electrons. The molecule has 4 rings (SSSR count). The first kappa shape index (κ1) is 23.2. The number of nitrogens with one attached hydrogen (secondary N) is 1. The van der Waals surface area contributed by atoms with Gasteiger partial charge >= 0.3 is 0 Å². The Balaban J connectivity index is 0.00000150. The second kappa shape index (κ2) is 9.61. The van der Waals surface area contributed by atoms with Gasteiger partial charge in [-0.15, -0.1) is 24.8 Å². The van der Waals surface area contributed by atoms with Crippen molar-refractivity contribution < 1.29 is 9.21 Å². The number of rotatable bonds is 4. The molecule has 0 aliphatic carbocycles. The Hall–Kier alpha value is -2.09. The number of carbonyl (C=O) groups excluding carboxylic acids is 1. The topological polar surface area (TPSA) is 76.2 Å². The molecule has 1 fully saturated rings. The van der Waals surface area contributed by atoms with Crippen molar-refractivity contribution in [2.75, 3.05) is 20.1 Å². The predicted molar refractivity (Wildman–Crippen MR) is 118 cm³/mol. The van der Waals surface area contributed by atoms with Gasteiger partial charge in [0.15, 0.2) is 11.4 Å². The summed E-state index contributed by atoms with van der Waals surface area (Å²) in [6, 6.07) is 6.15. The van der Waals surface area contributed by atoms with Gasteiger partial charge in [-0.25, -0.2) is 9.67 Å². The zero-order chi connectivity index (χ0) is 19.0. The molecule has 3 aromatic rings. The first-order chi connectivity index (χ1) is 13.1. The minimum atomic E-state index is 0. The Kier molecular flexibility index (Phi) is 7.68. The molecule has 1 N–H and O–H groups in total. The van der Waals surface area contributed by atoms with Crippen LogP contribution in [0.5, 0.6) is 0 Å². The van der Waals surface area contributed by atoms with Gasteiger partial charge in [0.05, 0.1) is 23.4 Å². The van der Waals surface area contributed by atoms with Crippen molar-refractivity contribution in [3.05, 3.63) is 36.2 Å². The number of amides is 1. The van der Waals surface area contributed by atoms with E-state index in [-0.39, 0.29) is 36.8 Å². The average Bonchev–Trinajstić information content (AvgIpc) is 3.36. The number of furan rings is 1. The second-order valence-electron chi connectivity index (χ2n) is 7.31. The Morgan fingerprint density at radius 1 is 1.28 bits per heavy atom. The van der Waals surface area contributed by atoms with Crippen molar-refractivity contribution in [1.82, 2.24) is 25.0 Å². The summed E-state index contributed by atoms with van der Waals surface area (Å²) in [5.74, 6) is 0.685. The summed E-state index contributed by atoms with van der Waals surface area (Å²) in [5.41, 5.74) is 2.01. The Labute approximate surface area is 182 Å². The molecule has 4 heterocycles. The smallest absolute Gasteiger partial charge is 0.254 e. The number of halogens is 2. The van der Waals surface area contributed by atoms with Crippen LogP contribution in [0.25, 0.3) is 22.5 Å². The molecule has 1 amide bonds. The lowest BCUT2D eigenvalue weighted by atomic mass is 10.0. The largest absolute Gasteiger partial charge is 0.463 e. The van der Waals surface area contributed by atoms with Crippen LogP contribution in [0, 0.1) is 0 Å². The molecular weight excluding hydrogens is 413 g/mol. The maximum Gasteiger partial charge on any atom is 0.254 e. The monoisotopic (exact) mass is 439 g/mol. The number of piperidine rings is 1. The third-order valence-electron chi connectivity index (χ3n) is 5.25. The minimum Gasteiger partial charge on any atom is -0.463 e. The zero-order valence-corrected chi connectivity index (χ0v) is 18.4. The van der Waals surface area contributed by atoms with Crippen LogP contribution in [0.3, 0.4) is 0 Å². The highest BCUT2D eigenvalue weighted by Crippen LogP contribution is 2.28. The molecule has 0 spiro atoms. The molecule has 0 radical (unpaired) electrons. The van der Waals surface area contributed by atoms with Crippen LogP contribution < -0.4 is 5.32 Å². The molecule has 9 heteroatoms. The molecule has 7 nitrogen and oxygen atoms in total. The molecule has 0 bridgehead atoms. The molecule has 1 aliphatic rings. The number of hydrogen-bond donors (Lipinski definition) is 1. The number of pyridine rings is 1. The first-order valence-corrected chi connectivity index (χ1v) is 9.47. The predicted octanol–water partition coefficient (Wildman–Crippen LogP) is 3.94. The van der Waals surface area contributed by atoms with Gasteiger partial charge in [0.25, 0.3) is 5.91 Å². The van der Waals surface area contributed by atoms with E-state index >= 15 is 0 Å². The van der Waals surface area contributed by atoms with E-state index in [0.29, 0.717) is 28.7 Å². The van der Waals surface area contributed by atoms with E-state index in [9.17, 15) is 4.79 Å². The fraction of sp³-hybridized carbons (Fsp3) is 0.450. The minimum absolute atomic E-state index is 0. The van der Waals surface area contributed by atoms with Crippen LogP contribution >= 0.6 is 24.8 Å². The molecule has 3 aromatic heterocycles. The summed E-state index contributed by atoms with van der Waals surface area (Å²) in [6.07, 6.45) is 5.30. The average molecular weight is 440 g/mol. The van der Waals surface area contributed by atoms with Crippen LogP contribution in [0.4, 0.5) is 0 Å². The van der Waals surface area contributed by atoms with Gasteiger partial charge < -0.3 is 14.6 Å². The van der Waals surface area contributed by atoms with E-state index in [1.165, 1.54) is 0 Å². The van der Waals surface area contributed by atoms with E-state index in [1.807, 2.05) is 34.8 Å². The number of aromatic nitrogens is 3. The van der Waals surface area contributed by atoms with Crippen LogP contribution in [0.2, 0.25) is 0 Å². The Morgan fingerprint density at radius 2 is 2.00 bits per heavy atom. The fourth-order valence-corrected chi connectivity index (χ4v) is 3.67. The Morgan fingerprint density at radius 3 is 2.59 bits per heavy atom. The van der Waals surface area contributed by atoms with Crippen molar-refractivity contribution in [3.8, 4) is 11.5 Å². The Bertz CT molecular complexity index is 947. The molecule has 0 saturated carbocycles. The van der Waals surface area contributed by atoms with Crippen molar-refractivity contribution >= 4 is 41.8 Å². The zero-order valence-electron chi connectivity index (χ0n) is 16.8. The molecular formula is C20H27Cl2N5O2. The normalized spacial score (nSPS) is 14.7. The van der Waals surface area contributed by atoms with Crippen molar-refractivity contribution in [2.45, 2.75) is 38.8 Å². The van der Waals surface area contributed by atoms with Crippen LogP contribution in [-0.4, -0.2) is 51.8 Å². The summed E-state index contributed by atoms with van der Waals surface area (Å²) in [5, 5.41) is 8.57. The van der Waals surface area contributed by atoms with Gasteiger partial charge in [0.1, 0.15) is 5.69 Å². The SMILES string of the molecule is CNC1CCN(C(=O)c2cc(-c3ccco3)nc3c2cnn3C(C)C)CC1.Cl.Cl. The number of likely N-dealkylation sites (tertiary alicyclic amines) is 1. The molecule has 1 saturated heterocycles. The maximum atomic E-state index is 13.3. The van der Waals surface area contributed by atoms with Crippen LogP contribution in [0.1, 0.15) is 43.1 Å². The summed E-state index contributed by atoms with van der Waals surface area (Å²) in [7, 11) is 1.98. The highest BCUT2D eigenvalue weighted by atomic mass is 35.5. The van der Waals surface area contributed by atoms with Gasteiger partial charge in [-0.1, -0.05) is 0 Å². The van der Waals surface area contributed by atoms with Crippen LogP contribution in [0.15, 0.2) is 35.1 Å². The lowest BCUT2D eigenvalue weighted by Gasteiger charge is -2.32. The molecule has 1 aliphatic heterocycles. The van der Waals surface area contributed by atoms with Crippen LogP contribution in [-0.2, 0) is 0 Å². The first-order valence-electron chi connectivity index (χ1n) is 9.47. The lowest BCUT2D eigenvalue weighted by Crippen LogP contribution is -2.44. The standard InChI is InChI=1S/C20H25N5O2.2ClH/c1-13(2)25-19-16(12-22-25)15(11-17(23-19)18-5-4-10-27-18)20(26)24-8-6-14(21-3)7-9-24;;/h4-5,10-14,21H,6-9H2,1-3H3;2*1H. The van der Waals surface area contributed by atoms with E-state index in [4.69, 9.17) is 9.40 Å². The van der Waals surface area contributed by atoms with Crippen molar-refractivity contribution in [3.63, 3.8) is 0 Å². The summed E-state index contributed by atoms with van der Waals surface area (Å²) >= 11 is 0. The lowest BCUT2D eigenvalue weighted by molar-refractivity contribution is 0.0709. The van der Waals surface area contributed by atoms with E-state index < -0.39 is 0 Å². The van der Waals surface area contributed by atoms with E-state index in [0.717, 1.165) is 31.3 Å². The molecule has 29 heavy (non-hydrogen) atoms. The van der Waals surface area contributed by atoms with Gasteiger partial charge in [0.2, 0.25) is 0 Å². The highest BCUT2D eigenvalue weighted by molar-refractivity contribution is 6.06. The summed E-state index contributed by atoms with van der Waals surface area (Å²) < 4.78 is 7.38. The number of fused-ring (bicyclic) bond motifs is 1. The third kappa shape index (κ3) is 4.42. The fourth-order valence-electron chi connectivity index (χ4n) is 3.67. The van der Waals surface area contributed by atoms with Gasteiger partial charge in [-0.3, -0.25) is 4.79 Å². The number of hydrogen-bond acceptors (Lipinski definition) is 5.